The van der Waals surface area contributed by atoms with Gasteiger partial charge in [0.1, 0.15) is 6.04 Å². The summed E-state index contributed by atoms with van der Waals surface area (Å²) in [6.07, 6.45) is -0.0155. The highest BCUT2D eigenvalue weighted by Crippen LogP contribution is 2.16. The molecule has 1 aromatic rings. The molecule has 3 nitrogen and oxygen atoms in total. The zero-order chi connectivity index (χ0) is 11.6. The van der Waals surface area contributed by atoms with E-state index in [4.69, 9.17) is 10.8 Å². The summed E-state index contributed by atoms with van der Waals surface area (Å²) in [7, 11) is 0. The number of rotatable bonds is 3. The van der Waals surface area contributed by atoms with Crippen molar-refractivity contribution in [3.63, 3.8) is 0 Å². The molecule has 0 radical (unpaired) electrons. The first kappa shape index (κ1) is 11.6. The topological polar surface area (TPSA) is 63.3 Å². The van der Waals surface area contributed by atoms with E-state index in [-0.39, 0.29) is 12.0 Å². The Labute approximate surface area is 85.5 Å². The highest BCUT2D eigenvalue weighted by Gasteiger charge is 2.16. The van der Waals surface area contributed by atoms with Crippen molar-refractivity contribution in [3.05, 3.63) is 34.9 Å². The van der Waals surface area contributed by atoms with E-state index >= 15 is 0 Å². The van der Waals surface area contributed by atoms with Gasteiger partial charge >= 0.3 is 5.97 Å². The molecule has 0 saturated carbocycles. The molecule has 1 rings (SSSR count). The van der Waals surface area contributed by atoms with Crippen molar-refractivity contribution in [2.45, 2.75) is 19.4 Å². The van der Waals surface area contributed by atoms with Gasteiger partial charge in [-0.1, -0.05) is 6.07 Å². The van der Waals surface area contributed by atoms with E-state index in [1.54, 1.807) is 0 Å². The predicted octanol–water partition coefficient (Wildman–Crippen LogP) is 1.23. The third kappa shape index (κ3) is 2.50. The number of hydrogen-bond donors (Lipinski definition) is 2. The summed E-state index contributed by atoms with van der Waals surface area (Å²) < 4.78 is 25.8. The van der Waals surface area contributed by atoms with Crippen LogP contribution in [0.1, 0.15) is 11.1 Å². The van der Waals surface area contributed by atoms with E-state index in [0.717, 1.165) is 6.07 Å². The fourth-order valence-corrected chi connectivity index (χ4v) is 1.24. The quantitative estimate of drug-likeness (QED) is 0.797. The number of halogens is 2. The molecule has 3 N–H and O–H groups in total. The minimum absolute atomic E-state index is 0.0155. The van der Waals surface area contributed by atoms with Crippen LogP contribution in [0.4, 0.5) is 8.78 Å². The molecule has 1 aromatic carbocycles. The Morgan fingerprint density at radius 3 is 2.67 bits per heavy atom. The summed E-state index contributed by atoms with van der Waals surface area (Å²) in [5, 5.41) is 8.57. The maximum absolute atomic E-state index is 13.1. The summed E-state index contributed by atoms with van der Waals surface area (Å²) in [5.74, 6) is -3.07. The average molecular weight is 215 g/mol. The smallest absolute Gasteiger partial charge is 0.320 e. The third-order valence-corrected chi connectivity index (χ3v) is 2.21. The van der Waals surface area contributed by atoms with Gasteiger partial charge in [0, 0.05) is 0 Å². The van der Waals surface area contributed by atoms with Gasteiger partial charge in [-0.3, -0.25) is 4.79 Å². The zero-order valence-corrected chi connectivity index (χ0v) is 8.13. The summed E-state index contributed by atoms with van der Waals surface area (Å²) in [5.41, 5.74) is 5.80. The molecule has 0 aliphatic carbocycles. The number of carboxylic acid groups (broad SMARTS) is 1. The van der Waals surface area contributed by atoms with Crippen LogP contribution in [0.2, 0.25) is 0 Å². The highest BCUT2D eigenvalue weighted by molar-refractivity contribution is 5.73. The molecular formula is C10H11F2NO2. The SMILES string of the molecule is Cc1c(CC(N)C(=O)O)ccc(F)c1F. The van der Waals surface area contributed by atoms with Gasteiger partial charge < -0.3 is 10.8 Å². The van der Waals surface area contributed by atoms with Gasteiger partial charge in [0.2, 0.25) is 0 Å². The number of carboxylic acids is 1. The second kappa shape index (κ2) is 4.35. The maximum Gasteiger partial charge on any atom is 0.320 e. The molecule has 82 valence electrons. The minimum Gasteiger partial charge on any atom is -0.480 e. The Kier molecular flexibility index (Phi) is 3.36. The molecule has 1 unspecified atom stereocenters. The van der Waals surface area contributed by atoms with Crippen LogP contribution in [0.3, 0.4) is 0 Å². The van der Waals surface area contributed by atoms with Crippen LogP contribution in [0.5, 0.6) is 0 Å². The summed E-state index contributed by atoms with van der Waals surface area (Å²) >= 11 is 0. The monoisotopic (exact) mass is 215 g/mol. The van der Waals surface area contributed by atoms with Gasteiger partial charge in [-0.15, -0.1) is 0 Å². The lowest BCUT2D eigenvalue weighted by molar-refractivity contribution is -0.138. The molecule has 0 spiro atoms. The fourth-order valence-electron chi connectivity index (χ4n) is 1.24. The van der Waals surface area contributed by atoms with E-state index in [2.05, 4.69) is 0 Å². The summed E-state index contributed by atoms with van der Waals surface area (Å²) in [4.78, 5) is 10.5. The van der Waals surface area contributed by atoms with Crippen molar-refractivity contribution in [1.82, 2.24) is 0 Å². The highest BCUT2D eigenvalue weighted by atomic mass is 19.2. The summed E-state index contributed by atoms with van der Waals surface area (Å²) in [6, 6.07) is 1.21. The van der Waals surface area contributed by atoms with Crippen molar-refractivity contribution in [1.29, 1.82) is 0 Å². The predicted molar refractivity (Wildman–Crippen MR) is 50.4 cm³/mol. The lowest BCUT2D eigenvalue weighted by Crippen LogP contribution is -2.32. The molecule has 15 heavy (non-hydrogen) atoms. The zero-order valence-electron chi connectivity index (χ0n) is 8.13. The van der Waals surface area contributed by atoms with Gasteiger partial charge in [-0.05, 0) is 30.5 Å². The average Bonchev–Trinajstić information content (AvgIpc) is 2.18. The molecule has 0 aliphatic heterocycles. The Morgan fingerprint density at radius 1 is 1.53 bits per heavy atom. The molecule has 0 amide bonds. The molecule has 0 saturated heterocycles. The number of hydrogen-bond acceptors (Lipinski definition) is 2. The van der Waals surface area contributed by atoms with E-state index in [1.165, 1.54) is 13.0 Å². The Bertz CT molecular complexity index is 393. The minimum atomic E-state index is -1.17. The summed E-state index contributed by atoms with van der Waals surface area (Å²) in [6.45, 7) is 1.39. The largest absolute Gasteiger partial charge is 0.480 e. The maximum atomic E-state index is 13.1. The van der Waals surface area contributed by atoms with Crippen LogP contribution in [0.15, 0.2) is 12.1 Å². The van der Waals surface area contributed by atoms with Crippen molar-refractivity contribution in [2.24, 2.45) is 5.73 Å². The normalized spacial score (nSPS) is 12.5. The molecule has 1 atom stereocenters. The first-order valence-corrected chi connectivity index (χ1v) is 4.35. The lowest BCUT2D eigenvalue weighted by Gasteiger charge is -2.10. The van der Waals surface area contributed by atoms with Crippen molar-refractivity contribution in [3.8, 4) is 0 Å². The number of carbonyl (C=O) groups is 1. The first-order valence-electron chi connectivity index (χ1n) is 4.35. The Hall–Kier alpha value is -1.49. The van der Waals surface area contributed by atoms with Gasteiger partial charge in [0.25, 0.3) is 0 Å². The molecule has 0 heterocycles. The first-order chi connectivity index (χ1) is 6.93. The standard InChI is InChI=1S/C10H11F2NO2/c1-5-6(4-8(13)10(14)15)2-3-7(11)9(5)12/h2-3,8H,4,13H2,1H3,(H,14,15). The molecule has 5 heteroatoms. The van der Waals surface area contributed by atoms with Gasteiger partial charge in [-0.25, -0.2) is 8.78 Å². The van der Waals surface area contributed by atoms with E-state index in [1.807, 2.05) is 0 Å². The van der Waals surface area contributed by atoms with Gasteiger partial charge in [-0.2, -0.15) is 0 Å². The number of nitrogens with two attached hydrogens (primary N) is 1. The molecular weight excluding hydrogens is 204 g/mol. The van der Waals surface area contributed by atoms with Crippen LogP contribution in [-0.2, 0) is 11.2 Å². The Balaban J connectivity index is 2.97. The van der Waals surface area contributed by atoms with Crippen molar-refractivity contribution in [2.75, 3.05) is 0 Å². The van der Waals surface area contributed by atoms with Crippen molar-refractivity contribution >= 4 is 5.97 Å². The van der Waals surface area contributed by atoms with Crippen LogP contribution in [0, 0.1) is 18.6 Å². The fraction of sp³-hybridized carbons (Fsp3) is 0.300. The van der Waals surface area contributed by atoms with Crippen LogP contribution in [0.25, 0.3) is 0 Å². The Morgan fingerprint density at radius 2 is 2.13 bits per heavy atom. The number of aliphatic carboxylic acids is 1. The molecule has 0 fully saturated rings. The molecule has 0 bridgehead atoms. The van der Waals surface area contributed by atoms with Gasteiger partial charge in [0.05, 0.1) is 0 Å². The second-order valence-electron chi connectivity index (χ2n) is 3.29. The van der Waals surface area contributed by atoms with Crippen LogP contribution < -0.4 is 5.73 Å². The number of benzene rings is 1. The second-order valence-corrected chi connectivity index (χ2v) is 3.29. The van der Waals surface area contributed by atoms with Crippen LogP contribution >= 0.6 is 0 Å². The molecule has 0 aliphatic rings. The van der Waals surface area contributed by atoms with Crippen LogP contribution in [-0.4, -0.2) is 17.1 Å². The van der Waals surface area contributed by atoms with Gasteiger partial charge in [0.15, 0.2) is 11.6 Å². The van der Waals surface area contributed by atoms with E-state index < -0.39 is 23.6 Å². The van der Waals surface area contributed by atoms with E-state index in [0.29, 0.717) is 5.56 Å². The van der Waals surface area contributed by atoms with E-state index in [9.17, 15) is 13.6 Å². The third-order valence-electron chi connectivity index (χ3n) is 2.21. The lowest BCUT2D eigenvalue weighted by atomic mass is 10.0. The molecule has 0 aromatic heterocycles. The van der Waals surface area contributed by atoms with Crippen molar-refractivity contribution < 1.29 is 18.7 Å².